The maximum Gasteiger partial charge on any atom is 0.265 e. The third-order valence-electron chi connectivity index (χ3n) is 5.10. The normalized spacial score (nSPS) is 16.0. The number of hydrogen-bond donors (Lipinski definition) is 1. The number of allylic oxidation sites excluding steroid dienone is 1. The van der Waals surface area contributed by atoms with Crippen LogP contribution in [0.25, 0.3) is 0 Å². The second-order valence-corrected chi connectivity index (χ2v) is 8.46. The van der Waals surface area contributed by atoms with Crippen molar-refractivity contribution in [3.8, 4) is 0 Å². The molecule has 0 unspecified atom stereocenters. The molecule has 0 spiro atoms. The molecular weight excluding hydrogens is 403 g/mol. The predicted octanol–water partition coefficient (Wildman–Crippen LogP) is 3.40. The highest BCUT2D eigenvalue weighted by Crippen LogP contribution is 2.43. The van der Waals surface area contributed by atoms with Crippen LogP contribution in [0.3, 0.4) is 0 Å². The fourth-order valence-corrected chi connectivity index (χ4v) is 4.14. The molecule has 2 aromatic rings. The van der Waals surface area contributed by atoms with Crippen LogP contribution in [0.5, 0.6) is 0 Å². The molecule has 30 heavy (non-hydrogen) atoms. The minimum atomic E-state index is -0.316. The first-order chi connectivity index (χ1) is 14.4. The monoisotopic (exact) mass is 428 g/mol. The molecule has 0 saturated heterocycles. The van der Waals surface area contributed by atoms with Gasteiger partial charge in [-0.25, -0.2) is 9.37 Å². The molecule has 0 aromatic carbocycles. The van der Waals surface area contributed by atoms with Crippen molar-refractivity contribution in [3.05, 3.63) is 58.6 Å². The summed E-state index contributed by atoms with van der Waals surface area (Å²) in [7, 11) is 3.38. The Hall–Kier alpha value is -2.94. The second-order valence-electron chi connectivity index (χ2n) is 7.43. The fraction of sp³-hybridized carbons (Fsp3) is 0.381. The number of thiazole rings is 1. The lowest BCUT2D eigenvalue weighted by atomic mass is 9.66. The molecule has 1 aliphatic carbocycles. The van der Waals surface area contributed by atoms with Gasteiger partial charge in [-0.05, 0) is 38.0 Å². The molecular formula is C21H25FN6OS. The van der Waals surface area contributed by atoms with Gasteiger partial charge in [-0.15, -0.1) is 21.5 Å². The van der Waals surface area contributed by atoms with E-state index in [1.54, 1.807) is 39.4 Å². The van der Waals surface area contributed by atoms with Crippen molar-refractivity contribution >= 4 is 28.8 Å². The maximum atomic E-state index is 14.2. The summed E-state index contributed by atoms with van der Waals surface area (Å²) in [6.45, 7) is 6.10. The fourth-order valence-electron chi connectivity index (χ4n) is 3.22. The van der Waals surface area contributed by atoms with Crippen LogP contribution < -0.4 is 5.32 Å². The molecule has 9 heteroatoms. The van der Waals surface area contributed by atoms with E-state index in [1.807, 2.05) is 0 Å². The standard InChI is InChI=1S/C21H25FN6OS/c1-5-16(19-24-12-17(30-19)20(29)28(3)4)27-26-14(2)25-13-21(9-7-10-21)18-15(22)8-6-11-23-18/h5-6,8,11-12H,1,7,9-10,13H2,2-4H3,(H,25,26)/b27-16+. The number of nitrogens with zero attached hydrogens (tertiary/aromatic N) is 5. The summed E-state index contributed by atoms with van der Waals surface area (Å²) in [5.74, 6) is 0.210. The number of aromatic nitrogens is 2. The summed E-state index contributed by atoms with van der Waals surface area (Å²) in [6, 6.07) is 3.06. The smallest absolute Gasteiger partial charge is 0.265 e. The topological polar surface area (TPSA) is 82.8 Å². The Labute approximate surface area is 179 Å². The van der Waals surface area contributed by atoms with Crippen molar-refractivity contribution in [3.63, 3.8) is 0 Å². The summed E-state index contributed by atoms with van der Waals surface area (Å²) >= 11 is 1.24. The van der Waals surface area contributed by atoms with Crippen LogP contribution >= 0.6 is 11.3 Å². The van der Waals surface area contributed by atoms with Gasteiger partial charge in [0.25, 0.3) is 5.91 Å². The van der Waals surface area contributed by atoms with E-state index >= 15 is 0 Å². The zero-order valence-electron chi connectivity index (χ0n) is 17.4. The number of nitrogens with one attached hydrogen (secondary N) is 1. The highest BCUT2D eigenvalue weighted by atomic mass is 32.1. The molecule has 158 valence electrons. The Kier molecular flexibility index (Phi) is 6.71. The molecule has 0 radical (unpaired) electrons. The van der Waals surface area contributed by atoms with Gasteiger partial charge in [-0.2, -0.15) is 0 Å². The van der Waals surface area contributed by atoms with Gasteiger partial charge in [0.1, 0.15) is 27.2 Å². The Morgan fingerprint density at radius 1 is 1.40 bits per heavy atom. The van der Waals surface area contributed by atoms with E-state index in [1.165, 1.54) is 28.5 Å². The van der Waals surface area contributed by atoms with Gasteiger partial charge in [0, 0.05) is 32.3 Å². The summed E-state index contributed by atoms with van der Waals surface area (Å²) in [6.07, 6.45) is 7.51. The molecule has 0 aliphatic heterocycles. The molecule has 7 nitrogen and oxygen atoms in total. The minimum absolute atomic E-state index is 0.115. The van der Waals surface area contributed by atoms with Crippen molar-refractivity contribution < 1.29 is 9.18 Å². The van der Waals surface area contributed by atoms with Crippen LogP contribution in [-0.2, 0) is 5.41 Å². The van der Waals surface area contributed by atoms with Crippen molar-refractivity contribution in [2.24, 2.45) is 10.2 Å². The highest BCUT2D eigenvalue weighted by Gasteiger charge is 2.41. The number of amides is 1. The molecule has 3 rings (SSSR count). The van der Waals surface area contributed by atoms with Gasteiger partial charge in [0.2, 0.25) is 0 Å². The maximum absolute atomic E-state index is 14.2. The Balaban J connectivity index is 1.70. The SMILES string of the molecule is C=C/C(=N\N=C(/C)NCC1(c2ncccc2F)CCC1)c1ncc(C(=O)N(C)C)s1. The van der Waals surface area contributed by atoms with E-state index in [9.17, 15) is 9.18 Å². The highest BCUT2D eigenvalue weighted by molar-refractivity contribution is 7.15. The van der Waals surface area contributed by atoms with Crippen molar-refractivity contribution in [1.29, 1.82) is 0 Å². The summed E-state index contributed by atoms with van der Waals surface area (Å²) in [5, 5.41) is 12.3. The van der Waals surface area contributed by atoms with E-state index in [0.29, 0.717) is 33.7 Å². The van der Waals surface area contributed by atoms with E-state index < -0.39 is 0 Å². The quantitative estimate of drug-likeness (QED) is 0.416. The van der Waals surface area contributed by atoms with Crippen LogP contribution in [0, 0.1) is 5.82 Å². The number of carbonyl (C=O) groups is 1. The van der Waals surface area contributed by atoms with Crippen LogP contribution in [0.2, 0.25) is 0 Å². The number of hydrogen-bond acceptors (Lipinski definition) is 6. The lowest BCUT2D eigenvalue weighted by molar-refractivity contribution is 0.0832. The lowest BCUT2D eigenvalue weighted by Gasteiger charge is -2.41. The third-order valence-corrected chi connectivity index (χ3v) is 6.10. The van der Waals surface area contributed by atoms with E-state index in [2.05, 4.69) is 32.1 Å². The molecule has 1 aliphatic rings. The molecule has 1 amide bonds. The molecule has 2 heterocycles. The number of halogens is 1. The minimum Gasteiger partial charge on any atom is -0.371 e. The first kappa shape index (κ1) is 21.8. The zero-order valence-corrected chi connectivity index (χ0v) is 18.2. The average Bonchev–Trinajstić information content (AvgIpc) is 3.18. The Bertz CT molecular complexity index is 993. The molecule has 1 fully saturated rings. The first-order valence-electron chi connectivity index (χ1n) is 9.64. The first-order valence-corrected chi connectivity index (χ1v) is 10.5. The van der Waals surface area contributed by atoms with Gasteiger partial charge in [-0.1, -0.05) is 13.0 Å². The van der Waals surface area contributed by atoms with Gasteiger partial charge < -0.3 is 10.2 Å². The van der Waals surface area contributed by atoms with E-state index in [-0.39, 0.29) is 17.1 Å². The Morgan fingerprint density at radius 3 is 2.77 bits per heavy atom. The summed E-state index contributed by atoms with van der Waals surface area (Å²) in [5.41, 5.74) is 0.671. The van der Waals surface area contributed by atoms with Gasteiger partial charge in [0.05, 0.1) is 11.9 Å². The summed E-state index contributed by atoms with van der Waals surface area (Å²) < 4.78 is 14.2. The van der Waals surface area contributed by atoms with Crippen LogP contribution in [0.4, 0.5) is 4.39 Å². The molecule has 1 saturated carbocycles. The van der Waals surface area contributed by atoms with Gasteiger partial charge in [0.15, 0.2) is 0 Å². The largest absolute Gasteiger partial charge is 0.371 e. The van der Waals surface area contributed by atoms with Gasteiger partial charge >= 0.3 is 0 Å². The van der Waals surface area contributed by atoms with Crippen LogP contribution in [-0.4, -0.2) is 53.0 Å². The van der Waals surface area contributed by atoms with Crippen molar-refractivity contribution in [1.82, 2.24) is 20.2 Å². The van der Waals surface area contributed by atoms with Crippen molar-refractivity contribution in [2.75, 3.05) is 20.6 Å². The second kappa shape index (κ2) is 9.25. The number of carbonyl (C=O) groups excluding carboxylic acids is 1. The molecule has 2 aromatic heterocycles. The number of pyridine rings is 1. The zero-order chi connectivity index (χ0) is 21.7. The van der Waals surface area contributed by atoms with Crippen molar-refractivity contribution in [2.45, 2.75) is 31.6 Å². The lowest BCUT2D eigenvalue weighted by Crippen LogP contribution is -2.46. The summed E-state index contributed by atoms with van der Waals surface area (Å²) in [4.78, 5) is 22.6. The predicted molar refractivity (Wildman–Crippen MR) is 118 cm³/mol. The average molecular weight is 429 g/mol. The van der Waals surface area contributed by atoms with Crippen LogP contribution in [0.15, 0.2) is 47.4 Å². The number of amidine groups is 1. The third kappa shape index (κ3) is 4.62. The molecule has 0 atom stereocenters. The number of rotatable bonds is 7. The Morgan fingerprint density at radius 2 is 2.17 bits per heavy atom. The van der Waals surface area contributed by atoms with E-state index in [0.717, 1.165) is 19.3 Å². The van der Waals surface area contributed by atoms with Crippen LogP contribution in [0.1, 0.15) is 46.6 Å². The van der Waals surface area contributed by atoms with Gasteiger partial charge in [-0.3, -0.25) is 9.78 Å². The van der Waals surface area contributed by atoms with E-state index in [4.69, 9.17) is 0 Å². The molecule has 0 bridgehead atoms. The molecule has 1 N–H and O–H groups in total.